The summed E-state index contributed by atoms with van der Waals surface area (Å²) in [4.78, 5) is 0. The van der Waals surface area contributed by atoms with Crippen LogP contribution in [0.5, 0.6) is 34.5 Å². The second-order valence-electron chi connectivity index (χ2n) is 6.06. The quantitative estimate of drug-likeness (QED) is 0.295. The van der Waals surface area contributed by atoms with Crippen molar-refractivity contribution in [1.82, 2.24) is 0 Å². The maximum atomic E-state index is 5.80. The predicted octanol–water partition coefficient (Wildman–Crippen LogP) is 6.64. The molecule has 142 valence electrons. The van der Waals surface area contributed by atoms with Crippen LogP contribution in [0.15, 0.2) is 109 Å². The molecule has 0 heterocycles. The SMILES string of the molecule is c1ccc(Oc2ccc([O][Zr][O]c3ccc(Oc4ccccc4)cc3)cc2)cc1. The van der Waals surface area contributed by atoms with Gasteiger partial charge in [-0.05, 0) is 0 Å². The molecule has 0 saturated heterocycles. The van der Waals surface area contributed by atoms with Gasteiger partial charge in [-0.2, -0.15) is 0 Å². The van der Waals surface area contributed by atoms with Gasteiger partial charge in [0.15, 0.2) is 0 Å². The van der Waals surface area contributed by atoms with Gasteiger partial charge in [-0.25, -0.2) is 0 Å². The van der Waals surface area contributed by atoms with E-state index in [1.807, 2.05) is 109 Å². The van der Waals surface area contributed by atoms with E-state index >= 15 is 0 Å². The van der Waals surface area contributed by atoms with E-state index in [0.29, 0.717) is 0 Å². The van der Waals surface area contributed by atoms with Crippen LogP contribution in [0.1, 0.15) is 0 Å². The van der Waals surface area contributed by atoms with Crippen LogP contribution >= 0.6 is 0 Å². The second-order valence-corrected chi connectivity index (χ2v) is 7.47. The summed E-state index contributed by atoms with van der Waals surface area (Å²) < 4.78 is 23.2. The van der Waals surface area contributed by atoms with Gasteiger partial charge in [-0.1, -0.05) is 0 Å². The molecule has 0 atom stereocenters. The maximum absolute atomic E-state index is 5.80. The zero-order valence-corrected chi connectivity index (χ0v) is 18.0. The first-order chi connectivity index (χ1) is 14.3. The summed E-state index contributed by atoms with van der Waals surface area (Å²) in [6.45, 7) is 0. The van der Waals surface area contributed by atoms with Gasteiger partial charge < -0.3 is 0 Å². The Bertz CT molecular complexity index is 919. The van der Waals surface area contributed by atoms with Gasteiger partial charge in [-0.15, -0.1) is 0 Å². The first-order valence-electron chi connectivity index (χ1n) is 9.10. The Morgan fingerprint density at radius 3 is 1.03 bits per heavy atom. The summed E-state index contributed by atoms with van der Waals surface area (Å²) in [6, 6.07) is 34.5. The van der Waals surface area contributed by atoms with Crippen molar-refractivity contribution in [3.63, 3.8) is 0 Å². The zero-order chi connectivity index (χ0) is 19.7. The number of benzene rings is 4. The molecular formula is C24H18O4Zr. The predicted molar refractivity (Wildman–Crippen MR) is 107 cm³/mol. The Balaban J connectivity index is 1.24. The van der Waals surface area contributed by atoms with E-state index in [9.17, 15) is 0 Å². The Hall–Kier alpha value is -3.04. The van der Waals surface area contributed by atoms with Gasteiger partial charge in [0.25, 0.3) is 0 Å². The van der Waals surface area contributed by atoms with Crippen LogP contribution in [0.3, 0.4) is 0 Å². The molecule has 29 heavy (non-hydrogen) atoms. The number of ether oxygens (including phenoxy) is 2. The number of hydrogen-bond acceptors (Lipinski definition) is 4. The fourth-order valence-corrected chi connectivity index (χ4v) is 3.76. The monoisotopic (exact) mass is 460 g/mol. The van der Waals surface area contributed by atoms with Crippen molar-refractivity contribution in [3.8, 4) is 34.5 Å². The van der Waals surface area contributed by atoms with Gasteiger partial charge in [0, 0.05) is 0 Å². The molecule has 0 spiro atoms. The van der Waals surface area contributed by atoms with Crippen LogP contribution < -0.4 is 15.1 Å². The molecule has 4 aromatic carbocycles. The van der Waals surface area contributed by atoms with E-state index in [4.69, 9.17) is 15.1 Å². The van der Waals surface area contributed by atoms with Crippen LogP contribution in [0.4, 0.5) is 0 Å². The third kappa shape index (κ3) is 5.97. The van der Waals surface area contributed by atoms with E-state index in [0.717, 1.165) is 34.5 Å². The second kappa shape index (κ2) is 9.95. The van der Waals surface area contributed by atoms with Crippen molar-refractivity contribution < 1.29 is 39.2 Å². The van der Waals surface area contributed by atoms with Gasteiger partial charge in [0.2, 0.25) is 0 Å². The topological polar surface area (TPSA) is 36.9 Å². The molecule has 0 radical (unpaired) electrons. The summed E-state index contributed by atoms with van der Waals surface area (Å²) >= 11 is -1.50. The minimum absolute atomic E-state index is 0.767. The van der Waals surface area contributed by atoms with E-state index in [2.05, 4.69) is 0 Å². The Labute approximate surface area is 182 Å². The third-order valence-electron chi connectivity index (χ3n) is 3.92. The molecule has 4 rings (SSSR count). The standard InChI is InChI=1S/2C12H10O2.Zr/c2*13-10-6-8-12(9-7-10)14-11-4-2-1-3-5-11;/h2*1-9,13H;/q;;+2/p-2. The molecule has 0 amide bonds. The molecule has 0 aliphatic heterocycles. The molecule has 0 N–H and O–H groups in total. The van der Waals surface area contributed by atoms with Crippen LogP contribution in [0, 0.1) is 0 Å². The van der Waals surface area contributed by atoms with Crippen LogP contribution in [-0.2, 0) is 24.1 Å². The summed E-state index contributed by atoms with van der Waals surface area (Å²) in [5.74, 6) is 4.70. The van der Waals surface area contributed by atoms with Gasteiger partial charge in [-0.3, -0.25) is 0 Å². The van der Waals surface area contributed by atoms with E-state index < -0.39 is 24.1 Å². The van der Waals surface area contributed by atoms with Crippen molar-refractivity contribution >= 4 is 0 Å². The molecule has 0 aromatic heterocycles. The third-order valence-corrected chi connectivity index (χ3v) is 5.49. The van der Waals surface area contributed by atoms with E-state index in [-0.39, 0.29) is 0 Å². The van der Waals surface area contributed by atoms with Crippen molar-refractivity contribution in [3.05, 3.63) is 109 Å². The summed E-state index contributed by atoms with van der Waals surface area (Å²) in [7, 11) is 0. The number of para-hydroxylation sites is 2. The minimum atomic E-state index is -1.50. The molecule has 0 saturated carbocycles. The Morgan fingerprint density at radius 2 is 0.655 bits per heavy atom. The van der Waals surface area contributed by atoms with Gasteiger partial charge >= 0.3 is 183 Å². The average Bonchev–Trinajstić information content (AvgIpc) is 2.78. The van der Waals surface area contributed by atoms with Crippen LogP contribution in [0.2, 0.25) is 0 Å². The summed E-state index contributed by atoms with van der Waals surface area (Å²) in [5, 5.41) is 0. The first-order valence-corrected chi connectivity index (χ1v) is 11.1. The Morgan fingerprint density at radius 1 is 0.345 bits per heavy atom. The first kappa shape index (κ1) is 19.3. The number of hydrogen-bond donors (Lipinski definition) is 0. The van der Waals surface area contributed by atoms with Gasteiger partial charge in [0.05, 0.1) is 0 Å². The van der Waals surface area contributed by atoms with E-state index in [1.165, 1.54) is 0 Å². The summed E-state index contributed by atoms with van der Waals surface area (Å²) in [6.07, 6.45) is 0. The molecule has 0 fully saturated rings. The molecule has 0 bridgehead atoms. The molecule has 4 nitrogen and oxygen atoms in total. The average molecular weight is 462 g/mol. The van der Waals surface area contributed by atoms with E-state index in [1.54, 1.807) is 0 Å². The molecular weight excluding hydrogens is 443 g/mol. The fraction of sp³-hybridized carbons (Fsp3) is 0. The molecule has 5 heteroatoms. The van der Waals surface area contributed by atoms with Gasteiger partial charge in [0.1, 0.15) is 0 Å². The van der Waals surface area contributed by atoms with Crippen molar-refractivity contribution in [2.24, 2.45) is 0 Å². The Kier molecular flexibility index (Phi) is 6.61. The molecule has 0 aliphatic rings. The van der Waals surface area contributed by atoms with Crippen molar-refractivity contribution in [2.75, 3.05) is 0 Å². The zero-order valence-electron chi connectivity index (χ0n) is 15.5. The number of rotatable bonds is 8. The normalized spacial score (nSPS) is 10.1. The van der Waals surface area contributed by atoms with Crippen LogP contribution in [-0.4, -0.2) is 0 Å². The molecule has 0 unspecified atom stereocenters. The fourth-order valence-electron chi connectivity index (χ4n) is 2.52. The van der Waals surface area contributed by atoms with Crippen molar-refractivity contribution in [1.29, 1.82) is 0 Å². The molecule has 4 aromatic rings. The van der Waals surface area contributed by atoms with Crippen LogP contribution in [0.25, 0.3) is 0 Å². The van der Waals surface area contributed by atoms with Crippen molar-refractivity contribution in [2.45, 2.75) is 0 Å². The molecule has 0 aliphatic carbocycles. The summed E-state index contributed by atoms with van der Waals surface area (Å²) in [5.41, 5.74) is 0.